The number of hydrogen-bond acceptors (Lipinski definition) is 3. The van der Waals surface area contributed by atoms with Crippen molar-refractivity contribution in [3.63, 3.8) is 0 Å². The zero-order valence-electron chi connectivity index (χ0n) is 20.6. The predicted molar refractivity (Wildman–Crippen MR) is 155 cm³/mol. The molecule has 0 saturated carbocycles. The molecule has 1 heterocycles. The minimum atomic E-state index is 0.0177. The van der Waals surface area contributed by atoms with Gasteiger partial charge in [0.15, 0.2) is 0 Å². The fraction of sp³-hybridized carbons (Fsp3) is 0. The average molecular weight is 492 g/mol. The van der Waals surface area contributed by atoms with Gasteiger partial charge in [0.25, 0.3) is 0 Å². The van der Waals surface area contributed by atoms with Crippen molar-refractivity contribution in [2.24, 2.45) is 0 Å². The molecule has 0 unspecified atom stereocenters. The molecule has 0 aliphatic rings. The average Bonchev–Trinajstić information content (AvgIpc) is 2.97. The van der Waals surface area contributed by atoms with Crippen LogP contribution in [-0.4, -0.2) is 15.2 Å². The van der Waals surface area contributed by atoms with E-state index in [0.29, 0.717) is 0 Å². The van der Waals surface area contributed by atoms with Crippen LogP contribution < -0.4 is 0 Å². The fourth-order valence-corrected chi connectivity index (χ4v) is 4.87. The highest BCUT2D eigenvalue weighted by atomic mass is 16.3. The molecule has 0 amide bonds. The van der Waals surface area contributed by atoms with E-state index in [1.807, 2.05) is 60.8 Å². The Balaban J connectivity index is 1.53. The van der Waals surface area contributed by atoms with E-state index in [-0.39, 0.29) is 11.5 Å². The molecule has 3 nitrogen and oxygen atoms in total. The van der Waals surface area contributed by atoms with Crippen LogP contribution in [0.2, 0.25) is 0 Å². The van der Waals surface area contributed by atoms with Gasteiger partial charge in [0.1, 0.15) is 11.5 Å². The summed E-state index contributed by atoms with van der Waals surface area (Å²) in [5, 5.41) is 20.3. The molecular formula is C35H25NO2. The van der Waals surface area contributed by atoms with Gasteiger partial charge in [-0.1, -0.05) is 109 Å². The van der Waals surface area contributed by atoms with Crippen LogP contribution in [0, 0.1) is 0 Å². The lowest BCUT2D eigenvalue weighted by Crippen LogP contribution is -1.93. The molecule has 1 aromatic heterocycles. The van der Waals surface area contributed by atoms with Crippen molar-refractivity contribution in [2.45, 2.75) is 0 Å². The molecular weight excluding hydrogens is 466 g/mol. The Bertz CT molecular complexity index is 1690. The van der Waals surface area contributed by atoms with Crippen molar-refractivity contribution in [1.82, 2.24) is 4.98 Å². The monoisotopic (exact) mass is 491 g/mol. The number of rotatable bonds is 5. The van der Waals surface area contributed by atoms with Crippen LogP contribution in [0.3, 0.4) is 0 Å². The van der Waals surface area contributed by atoms with Crippen molar-refractivity contribution in [3.8, 4) is 67.3 Å². The zero-order chi connectivity index (χ0) is 25.9. The lowest BCUT2D eigenvalue weighted by molar-refractivity contribution is 0.451. The molecule has 0 bridgehead atoms. The minimum Gasteiger partial charge on any atom is -0.508 e. The molecule has 6 aromatic rings. The van der Waals surface area contributed by atoms with Gasteiger partial charge >= 0.3 is 0 Å². The third-order valence-electron chi connectivity index (χ3n) is 6.71. The van der Waals surface area contributed by atoms with Crippen LogP contribution in [0.5, 0.6) is 11.5 Å². The third-order valence-corrected chi connectivity index (χ3v) is 6.71. The van der Waals surface area contributed by atoms with E-state index in [2.05, 4.69) is 60.7 Å². The van der Waals surface area contributed by atoms with Crippen LogP contribution >= 0.6 is 0 Å². The number of benzene rings is 5. The number of hydrogen-bond donors (Lipinski definition) is 2. The van der Waals surface area contributed by atoms with Gasteiger partial charge in [-0.25, -0.2) is 0 Å². The standard InChI is InChI=1S/C35H25NO2/c37-29-19-28(20-30(38)21-29)31-13-7-8-14-32(31)34-23-36-35(27-11-5-2-6-12-27)22-33(34)26-17-15-25(16-18-26)24-9-3-1-4-10-24/h1-23,37-38H. The molecule has 6 rings (SSSR count). The van der Waals surface area contributed by atoms with Crippen molar-refractivity contribution in [1.29, 1.82) is 0 Å². The number of phenols is 2. The normalized spacial score (nSPS) is 10.8. The molecule has 2 N–H and O–H groups in total. The van der Waals surface area contributed by atoms with E-state index in [0.717, 1.165) is 50.2 Å². The Morgan fingerprint density at radius 1 is 0.368 bits per heavy atom. The quantitative estimate of drug-likeness (QED) is 0.253. The summed E-state index contributed by atoms with van der Waals surface area (Å²) in [4.78, 5) is 4.85. The Morgan fingerprint density at radius 3 is 1.55 bits per heavy atom. The van der Waals surface area contributed by atoms with Gasteiger partial charge in [-0.2, -0.15) is 0 Å². The van der Waals surface area contributed by atoms with Gasteiger partial charge in [-0.05, 0) is 57.1 Å². The van der Waals surface area contributed by atoms with E-state index in [9.17, 15) is 10.2 Å². The van der Waals surface area contributed by atoms with Gasteiger partial charge < -0.3 is 10.2 Å². The lowest BCUT2D eigenvalue weighted by Gasteiger charge is -2.16. The van der Waals surface area contributed by atoms with Crippen LogP contribution in [0.1, 0.15) is 0 Å². The maximum Gasteiger partial charge on any atom is 0.119 e. The van der Waals surface area contributed by atoms with Gasteiger partial charge in [-0.3, -0.25) is 4.98 Å². The van der Waals surface area contributed by atoms with Crippen LogP contribution in [-0.2, 0) is 0 Å². The fourth-order valence-electron chi connectivity index (χ4n) is 4.87. The molecule has 3 heteroatoms. The van der Waals surface area contributed by atoms with Crippen LogP contribution in [0.15, 0.2) is 140 Å². The summed E-state index contributed by atoms with van der Waals surface area (Å²) in [6, 6.07) is 43.9. The Labute approximate surface area is 222 Å². The van der Waals surface area contributed by atoms with E-state index in [1.54, 1.807) is 12.1 Å². The molecule has 38 heavy (non-hydrogen) atoms. The molecule has 182 valence electrons. The highest BCUT2D eigenvalue weighted by Crippen LogP contribution is 2.41. The number of aromatic nitrogens is 1. The summed E-state index contributed by atoms with van der Waals surface area (Å²) in [6.45, 7) is 0. The summed E-state index contributed by atoms with van der Waals surface area (Å²) in [6.07, 6.45) is 1.92. The topological polar surface area (TPSA) is 53.4 Å². The van der Waals surface area contributed by atoms with Crippen molar-refractivity contribution in [3.05, 3.63) is 140 Å². The number of pyridine rings is 1. The maximum atomic E-state index is 10.2. The number of aromatic hydroxyl groups is 2. The molecule has 5 aromatic carbocycles. The number of nitrogens with zero attached hydrogens (tertiary/aromatic N) is 1. The van der Waals surface area contributed by atoms with Gasteiger partial charge in [0.2, 0.25) is 0 Å². The first-order valence-corrected chi connectivity index (χ1v) is 12.5. The first kappa shape index (κ1) is 23.3. The van der Waals surface area contributed by atoms with Crippen molar-refractivity contribution in [2.75, 3.05) is 0 Å². The largest absolute Gasteiger partial charge is 0.508 e. The second-order valence-corrected chi connectivity index (χ2v) is 9.21. The van der Waals surface area contributed by atoms with Gasteiger partial charge in [0.05, 0.1) is 5.69 Å². The van der Waals surface area contributed by atoms with E-state index < -0.39 is 0 Å². The molecule has 0 spiro atoms. The first-order valence-electron chi connectivity index (χ1n) is 12.5. The Morgan fingerprint density at radius 2 is 0.895 bits per heavy atom. The minimum absolute atomic E-state index is 0.0177. The van der Waals surface area contributed by atoms with E-state index in [1.165, 1.54) is 11.6 Å². The molecule has 0 saturated heterocycles. The molecule has 0 atom stereocenters. The summed E-state index contributed by atoms with van der Waals surface area (Å²) in [5.74, 6) is 0.0353. The lowest BCUT2D eigenvalue weighted by atomic mass is 9.89. The smallest absolute Gasteiger partial charge is 0.119 e. The Hall–Kier alpha value is -5.15. The second-order valence-electron chi connectivity index (χ2n) is 9.21. The van der Waals surface area contributed by atoms with Gasteiger partial charge in [-0.15, -0.1) is 0 Å². The SMILES string of the molecule is Oc1cc(O)cc(-c2ccccc2-c2cnc(-c3ccccc3)cc2-c2ccc(-c3ccccc3)cc2)c1. The molecule has 0 fully saturated rings. The summed E-state index contributed by atoms with van der Waals surface area (Å²) in [7, 11) is 0. The van der Waals surface area contributed by atoms with Crippen molar-refractivity contribution < 1.29 is 10.2 Å². The van der Waals surface area contributed by atoms with Crippen molar-refractivity contribution >= 4 is 0 Å². The molecule has 0 aliphatic heterocycles. The molecule has 0 radical (unpaired) electrons. The third kappa shape index (κ3) is 4.65. The van der Waals surface area contributed by atoms with Gasteiger partial charge in [0, 0.05) is 23.4 Å². The Kier molecular flexibility index (Phi) is 6.17. The summed E-state index contributed by atoms with van der Waals surface area (Å²) >= 11 is 0. The van der Waals surface area contributed by atoms with E-state index >= 15 is 0 Å². The highest BCUT2D eigenvalue weighted by molar-refractivity contribution is 5.93. The highest BCUT2D eigenvalue weighted by Gasteiger charge is 2.16. The predicted octanol–water partition coefficient (Wildman–Crippen LogP) is 8.83. The maximum absolute atomic E-state index is 10.2. The first-order chi connectivity index (χ1) is 18.7. The summed E-state index contributed by atoms with van der Waals surface area (Å²) < 4.78 is 0. The van der Waals surface area contributed by atoms with Crippen LogP contribution in [0.4, 0.5) is 0 Å². The summed E-state index contributed by atoms with van der Waals surface area (Å²) in [5.41, 5.74) is 9.96. The number of phenolic OH excluding ortho intramolecular Hbond substituents is 2. The van der Waals surface area contributed by atoms with Crippen LogP contribution in [0.25, 0.3) is 55.8 Å². The zero-order valence-corrected chi connectivity index (χ0v) is 20.6. The van der Waals surface area contributed by atoms with E-state index in [4.69, 9.17) is 4.98 Å². The molecule has 0 aliphatic carbocycles. The second kappa shape index (κ2) is 10.1.